The van der Waals surface area contributed by atoms with Gasteiger partial charge in [0, 0.05) is 5.03 Å². The van der Waals surface area contributed by atoms with Crippen molar-refractivity contribution in [2.45, 2.75) is 0 Å². The molecule has 0 radical (unpaired) electrons. The third-order valence-corrected chi connectivity index (χ3v) is 1.42. The molecule has 1 aromatic rings. The number of rotatable bonds is 4. The van der Waals surface area contributed by atoms with Crippen LogP contribution in [0, 0.1) is 10.1 Å². The van der Waals surface area contributed by atoms with Crippen molar-refractivity contribution in [1.82, 2.24) is 4.98 Å². The van der Waals surface area contributed by atoms with Gasteiger partial charge in [0.05, 0.1) is 0 Å². The van der Waals surface area contributed by atoms with Crippen LogP contribution < -0.4 is 4.74 Å². The fraction of sp³-hybridized carbons (Fsp3) is 0.125. The molecule has 0 amide bonds. The maximum atomic E-state index is 10.5. The van der Waals surface area contributed by atoms with Crippen molar-refractivity contribution >= 4 is 17.4 Å². The molecular weight excluding hydrogens is 208 g/mol. The highest BCUT2D eigenvalue weighted by Crippen LogP contribution is 2.23. The van der Waals surface area contributed by atoms with E-state index >= 15 is 0 Å². The Labute approximate surface area is 85.1 Å². The van der Waals surface area contributed by atoms with E-state index in [9.17, 15) is 10.1 Å². The average Bonchev–Trinajstić information content (AvgIpc) is 2.15. The van der Waals surface area contributed by atoms with E-state index in [2.05, 4.69) is 11.6 Å². The van der Waals surface area contributed by atoms with Crippen molar-refractivity contribution in [1.29, 1.82) is 0 Å². The zero-order chi connectivity index (χ0) is 10.6. The van der Waals surface area contributed by atoms with Gasteiger partial charge in [0.1, 0.15) is 12.8 Å². The maximum Gasteiger partial charge on any atom is 0.406 e. The van der Waals surface area contributed by atoms with Gasteiger partial charge in [-0.15, -0.1) is 0 Å². The van der Waals surface area contributed by atoms with E-state index in [1.165, 1.54) is 12.3 Å². The second-order valence-electron chi connectivity index (χ2n) is 2.39. The molecule has 0 atom stereocenters. The van der Waals surface area contributed by atoms with E-state index in [0.29, 0.717) is 0 Å². The third kappa shape index (κ3) is 2.70. The Hall–Kier alpha value is -1.62. The number of ether oxygens (including phenoxy) is 1. The number of hydrogen-bond donors (Lipinski definition) is 0. The Balaban J connectivity index is 2.84. The van der Waals surface area contributed by atoms with Crippen LogP contribution in [0.4, 0.5) is 5.82 Å². The van der Waals surface area contributed by atoms with Gasteiger partial charge in [-0.2, -0.15) is 0 Å². The first-order chi connectivity index (χ1) is 6.61. The molecule has 0 unspecified atom stereocenters. The van der Waals surface area contributed by atoms with Crippen molar-refractivity contribution in [3.8, 4) is 5.75 Å². The second-order valence-corrected chi connectivity index (χ2v) is 2.92. The molecule has 5 nitrogen and oxygen atoms in total. The first-order valence-electron chi connectivity index (χ1n) is 3.66. The van der Waals surface area contributed by atoms with Gasteiger partial charge in [-0.05, 0) is 22.0 Å². The topological polar surface area (TPSA) is 65.3 Å². The molecule has 0 saturated heterocycles. The predicted octanol–water partition coefficient (Wildman–Crippen LogP) is 2.12. The number of nitro groups is 1. The molecule has 0 fully saturated rings. The number of nitrogens with zero attached hydrogens (tertiary/aromatic N) is 2. The van der Waals surface area contributed by atoms with Crippen LogP contribution >= 0.6 is 11.6 Å². The molecule has 1 heterocycles. The summed E-state index contributed by atoms with van der Waals surface area (Å²) < 4.78 is 5.02. The van der Waals surface area contributed by atoms with Crippen molar-refractivity contribution in [3.05, 3.63) is 40.1 Å². The Morgan fingerprint density at radius 2 is 2.50 bits per heavy atom. The molecule has 1 aromatic heterocycles. The van der Waals surface area contributed by atoms with Crippen LogP contribution in [0.1, 0.15) is 0 Å². The fourth-order valence-corrected chi connectivity index (χ4v) is 0.843. The molecule has 0 spiro atoms. The van der Waals surface area contributed by atoms with Crippen LogP contribution in [0.2, 0.25) is 0 Å². The zero-order valence-corrected chi connectivity index (χ0v) is 7.90. The number of hydrogen-bond acceptors (Lipinski definition) is 4. The molecule has 0 aliphatic rings. The zero-order valence-electron chi connectivity index (χ0n) is 7.14. The summed E-state index contributed by atoms with van der Waals surface area (Å²) in [6, 6.07) is 2.99. The Morgan fingerprint density at radius 1 is 1.79 bits per heavy atom. The van der Waals surface area contributed by atoms with Crippen LogP contribution in [0.15, 0.2) is 29.9 Å². The smallest absolute Gasteiger partial charge is 0.406 e. The van der Waals surface area contributed by atoms with Gasteiger partial charge in [-0.25, -0.2) is 0 Å². The van der Waals surface area contributed by atoms with Crippen LogP contribution in [-0.4, -0.2) is 16.5 Å². The lowest BCUT2D eigenvalue weighted by atomic mass is 10.4. The monoisotopic (exact) mass is 214 g/mol. The molecule has 6 heteroatoms. The predicted molar refractivity (Wildman–Crippen MR) is 51.4 cm³/mol. The lowest BCUT2D eigenvalue weighted by molar-refractivity contribution is -0.390. The van der Waals surface area contributed by atoms with Gasteiger partial charge >= 0.3 is 5.82 Å². The van der Waals surface area contributed by atoms with Crippen molar-refractivity contribution in [2.75, 3.05) is 6.61 Å². The van der Waals surface area contributed by atoms with Gasteiger partial charge in [-0.3, -0.25) is 0 Å². The minimum Gasteiger partial charge on any atom is -0.480 e. The highest BCUT2D eigenvalue weighted by molar-refractivity contribution is 6.29. The summed E-state index contributed by atoms with van der Waals surface area (Å²) in [5.74, 6) is -0.246. The minimum atomic E-state index is -0.619. The second kappa shape index (κ2) is 4.57. The SMILES string of the molecule is C=C(Cl)COc1cccnc1[N+](=O)[O-]. The molecule has 0 N–H and O–H groups in total. The largest absolute Gasteiger partial charge is 0.480 e. The molecule has 0 aliphatic carbocycles. The number of pyridine rings is 1. The van der Waals surface area contributed by atoms with Gasteiger partial charge in [-0.1, -0.05) is 18.2 Å². The molecule has 0 bridgehead atoms. The van der Waals surface area contributed by atoms with Crippen LogP contribution in [0.3, 0.4) is 0 Å². The average molecular weight is 215 g/mol. The van der Waals surface area contributed by atoms with E-state index < -0.39 is 4.92 Å². The summed E-state index contributed by atoms with van der Waals surface area (Å²) in [7, 11) is 0. The molecule has 14 heavy (non-hydrogen) atoms. The molecule has 1 rings (SSSR count). The summed E-state index contributed by atoms with van der Waals surface area (Å²) in [5, 5.41) is 10.7. The number of aromatic nitrogens is 1. The summed E-state index contributed by atoms with van der Waals surface area (Å²) in [5.41, 5.74) is 0. The molecular formula is C8H7ClN2O3. The lowest BCUT2D eigenvalue weighted by Gasteiger charge is -2.03. The van der Waals surface area contributed by atoms with Crippen LogP contribution in [-0.2, 0) is 0 Å². The van der Waals surface area contributed by atoms with E-state index in [-0.39, 0.29) is 23.2 Å². The fourth-order valence-electron chi connectivity index (χ4n) is 0.788. The van der Waals surface area contributed by atoms with E-state index in [4.69, 9.17) is 16.3 Å². The lowest BCUT2D eigenvalue weighted by Crippen LogP contribution is -2.01. The normalized spacial score (nSPS) is 9.50. The van der Waals surface area contributed by atoms with Gasteiger partial charge < -0.3 is 14.9 Å². The molecule has 74 valence electrons. The van der Waals surface area contributed by atoms with Crippen molar-refractivity contribution in [3.63, 3.8) is 0 Å². The molecule has 0 aromatic carbocycles. The van der Waals surface area contributed by atoms with Crippen LogP contribution in [0.5, 0.6) is 5.75 Å². The van der Waals surface area contributed by atoms with Gasteiger partial charge in [0.15, 0.2) is 0 Å². The number of halogens is 1. The van der Waals surface area contributed by atoms with Gasteiger partial charge in [0.2, 0.25) is 5.75 Å². The van der Waals surface area contributed by atoms with Gasteiger partial charge in [0.25, 0.3) is 0 Å². The highest BCUT2D eigenvalue weighted by Gasteiger charge is 2.15. The maximum absolute atomic E-state index is 10.5. The van der Waals surface area contributed by atoms with Crippen LogP contribution in [0.25, 0.3) is 0 Å². The standard InChI is InChI=1S/C8H7ClN2O3/c1-6(9)5-14-7-3-2-4-10-8(7)11(12)13/h2-4H,1,5H2. The Kier molecular flexibility index (Phi) is 3.41. The Bertz CT molecular complexity index is 367. The summed E-state index contributed by atoms with van der Waals surface area (Å²) in [6.07, 6.45) is 1.32. The Morgan fingerprint density at radius 3 is 3.07 bits per heavy atom. The molecule has 0 saturated carbocycles. The van der Waals surface area contributed by atoms with E-state index in [0.717, 1.165) is 0 Å². The van der Waals surface area contributed by atoms with E-state index in [1.807, 2.05) is 0 Å². The summed E-state index contributed by atoms with van der Waals surface area (Å²) >= 11 is 5.45. The highest BCUT2D eigenvalue weighted by atomic mass is 35.5. The first kappa shape index (κ1) is 10.5. The third-order valence-electron chi connectivity index (χ3n) is 1.31. The summed E-state index contributed by atoms with van der Waals surface area (Å²) in [4.78, 5) is 13.4. The summed E-state index contributed by atoms with van der Waals surface area (Å²) in [6.45, 7) is 3.42. The molecule has 0 aliphatic heterocycles. The van der Waals surface area contributed by atoms with Crippen molar-refractivity contribution in [2.24, 2.45) is 0 Å². The minimum absolute atomic E-state index is 0.0219. The van der Waals surface area contributed by atoms with Crippen molar-refractivity contribution < 1.29 is 9.66 Å². The van der Waals surface area contributed by atoms with E-state index in [1.54, 1.807) is 6.07 Å². The quantitative estimate of drug-likeness (QED) is 0.569. The first-order valence-corrected chi connectivity index (χ1v) is 4.04.